The van der Waals surface area contributed by atoms with Crippen LogP contribution in [0.2, 0.25) is 0 Å². The number of hydrogen-bond acceptors (Lipinski definition) is 9. The maximum Gasteiger partial charge on any atom is 0.420 e. The average molecular weight is 1080 g/mol. The van der Waals surface area contributed by atoms with Crippen LogP contribution in [-0.2, 0) is 6.18 Å². The van der Waals surface area contributed by atoms with Crippen LogP contribution in [0.3, 0.4) is 0 Å². The summed E-state index contributed by atoms with van der Waals surface area (Å²) < 4.78 is 54.6. The van der Waals surface area contributed by atoms with E-state index in [1.807, 2.05) is 0 Å². The second kappa shape index (κ2) is 20.3. The van der Waals surface area contributed by atoms with Gasteiger partial charge in [0.2, 0.25) is 0 Å². The lowest BCUT2D eigenvalue weighted by molar-refractivity contribution is -0.137. The van der Waals surface area contributed by atoms with Crippen LogP contribution in [0.1, 0.15) is 55.6 Å². The van der Waals surface area contributed by atoms with Crippen molar-refractivity contribution < 1.29 is 13.2 Å². The van der Waals surface area contributed by atoms with Crippen LogP contribution >= 0.6 is 0 Å². The molecule has 0 saturated carbocycles. The molecule has 0 N–H and O–H groups in total. The fourth-order valence-corrected chi connectivity index (χ4v) is 11.3. The predicted octanol–water partition coefficient (Wildman–Crippen LogP) is 16.1. The van der Waals surface area contributed by atoms with Crippen LogP contribution < -0.4 is 0 Å². The highest BCUT2D eigenvalue weighted by Crippen LogP contribution is 2.48. The smallest absolute Gasteiger partial charge is 0.309 e. The zero-order valence-electron chi connectivity index (χ0n) is 43.4. The van der Waals surface area contributed by atoms with E-state index in [1.54, 1.807) is 146 Å². The van der Waals surface area contributed by atoms with E-state index >= 15 is 13.2 Å². The molecule has 0 atom stereocenters. The van der Waals surface area contributed by atoms with Crippen LogP contribution in [0.5, 0.6) is 0 Å². The fourth-order valence-electron chi connectivity index (χ4n) is 11.3. The molecular formula is C70H30F3N11. The van der Waals surface area contributed by atoms with Crippen molar-refractivity contribution >= 4 is 43.6 Å². The highest BCUT2D eigenvalue weighted by Gasteiger charge is 2.40. The summed E-state index contributed by atoms with van der Waals surface area (Å²) in [6.45, 7) is 0. The Morgan fingerprint density at radius 1 is 0.274 bits per heavy atom. The van der Waals surface area contributed by atoms with Crippen molar-refractivity contribution in [3.05, 3.63) is 238 Å². The van der Waals surface area contributed by atoms with Gasteiger partial charge >= 0.3 is 6.18 Å². The average Bonchev–Trinajstić information content (AvgIpc) is 1.87. The maximum atomic E-state index is 17.2. The number of rotatable bonds is 7. The Bertz CT molecular complexity index is 4760. The van der Waals surface area contributed by atoms with E-state index < -0.39 is 11.7 Å². The Morgan fingerprint density at radius 3 is 0.845 bits per heavy atom. The Hall–Kier alpha value is -13.0. The number of benzene rings is 10. The minimum atomic E-state index is -5.12. The summed E-state index contributed by atoms with van der Waals surface area (Å²) in [5.74, 6) is 0. The first kappa shape index (κ1) is 51.7. The Labute approximate surface area is 476 Å². The van der Waals surface area contributed by atoms with Gasteiger partial charge in [-0.25, -0.2) is 0 Å². The molecule has 0 bridgehead atoms. The summed E-state index contributed by atoms with van der Waals surface area (Å²) in [6.07, 6.45) is -5.12. The molecule has 0 amide bonds. The quantitative estimate of drug-likeness (QED) is 0.148. The summed E-state index contributed by atoms with van der Waals surface area (Å²) in [7, 11) is 0. The van der Waals surface area contributed by atoms with Crippen LogP contribution in [0.15, 0.2) is 182 Å². The third-order valence-corrected chi connectivity index (χ3v) is 15.0. The molecule has 0 aliphatic carbocycles. The zero-order chi connectivity index (χ0) is 58.6. The van der Waals surface area contributed by atoms with Crippen molar-refractivity contribution in [1.82, 2.24) is 9.13 Å². The molecule has 2 aromatic heterocycles. The molecular weight excluding hydrogens is 1050 g/mol. The van der Waals surface area contributed by atoms with Crippen molar-refractivity contribution in [2.45, 2.75) is 6.18 Å². The van der Waals surface area contributed by atoms with Crippen LogP contribution in [0.4, 0.5) is 13.2 Å². The highest BCUT2D eigenvalue weighted by atomic mass is 19.4. The Kier molecular flexibility index (Phi) is 12.5. The first-order valence-electron chi connectivity index (χ1n) is 25.6. The molecule has 0 saturated heterocycles. The van der Waals surface area contributed by atoms with Crippen molar-refractivity contribution in [3.8, 4) is 122 Å². The molecule has 0 spiro atoms. The molecule has 0 unspecified atom stereocenters. The lowest BCUT2D eigenvalue weighted by Crippen LogP contribution is -2.16. The number of nitriles is 9. The minimum absolute atomic E-state index is 0.195. The number of alkyl halides is 3. The molecule has 84 heavy (non-hydrogen) atoms. The third kappa shape index (κ3) is 8.57. The summed E-state index contributed by atoms with van der Waals surface area (Å²) in [5.41, 5.74) is 6.37. The lowest BCUT2D eigenvalue weighted by atomic mass is 9.95. The van der Waals surface area contributed by atoms with Gasteiger partial charge in [0, 0.05) is 21.5 Å². The van der Waals surface area contributed by atoms with E-state index in [-0.39, 0.29) is 61.4 Å². The summed E-state index contributed by atoms with van der Waals surface area (Å²) in [6, 6.07) is 67.8. The Balaban J connectivity index is 1.22. The van der Waals surface area contributed by atoms with Gasteiger partial charge in [-0.3, -0.25) is 0 Å². The highest BCUT2D eigenvalue weighted by molar-refractivity contribution is 6.14. The summed E-state index contributed by atoms with van der Waals surface area (Å²) in [4.78, 5) is 0. The molecule has 12 aromatic rings. The molecule has 0 aliphatic rings. The normalized spacial score (nSPS) is 10.9. The van der Waals surface area contributed by atoms with E-state index in [1.165, 1.54) is 45.5 Å². The van der Waals surface area contributed by atoms with Crippen LogP contribution in [0, 0.1) is 102 Å². The molecule has 2 heterocycles. The van der Waals surface area contributed by atoms with Crippen molar-refractivity contribution in [2.75, 3.05) is 0 Å². The molecule has 0 radical (unpaired) electrons. The molecule has 14 heteroatoms. The van der Waals surface area contributed by atoms with E-state index in [0.717, 1.165) is 0 Å². The number of halogens is 3. The summed E-state index contributed by atoms with van der Waals surface area (Å²) >= 11 is 0. The topological polar surface area (TPSA) is 224 Å². The second-order valence-corrected chi connectivity index (χ2v) is 19.6. The lowest BCUT2D eigenvalue weighted by Gasteiger charge is -2.23. The molecule has 10 aromatic carbocycles. The van der Waals surface area contributed by atoms with Gasteiger partial charge in [-0.2, -0.15) is 60.5 Å². The molecule has 386 valence electrons. The van der Waals surface area contributed by atoms with Crippen LogP contribution in [0.25, 0.3) is 111 Å². The van der Waals surface area contributed by atoms with Gasteiger partial charge in [-0.05, 0) is 177 Å². The van der Waals surface area contributed by atoms with Crippen molar-refractivity contribution in [1.29, 1.82) is 47.4 Å². The third-order valence-electron chi connectivity index (χ3n) is 15.0. The summed E-state index contributed by atoms with van der Waals surface area (Å²) in [5, 5.41) is 92.1. The van der Waals surface area contributed by atoms with Gasteiger partial charge in [-0.1, -0.05) is 60.7 Å². The zero-order valence-corrected chi connectivity index (χ0v) is 43.4. The molecule has 0 aliphatic heterocycles. The van der Waals surface area contributed by atoms with Gasteiger partial charge in [-0.15, -0.1) is 0 Å². The SMILES string of the molecule is N#Cc1cccc(-c2cc(-n3c4ccc(-c5ccc(C#N)cc5C#N)cc4c4cc(-c5ccc(C#N)cc5C#N)ccc43)c(C(F)(F)F)c(-n3c4ccc(-c5ccc(C#N)cc5C#N)cc4c4cc(-c5ccc(C#N)cc5C#N)ccc43)c2)c1. The number of nitrogens with zero attached hydrogens (tertiary/aromatic N) is 11. The van der Waals surface area contributed by atoms with Gasteiger partial charge < -0.3 is 9.13 Å². The van der Waals surface area contributed by atoms with E-state index in [2.05, 4.69) is 54.6 Å². The first-order valence-corrected chi connectivity index (χ1v) is 25.6. The van der Waals surface area contributed by atoms with Gasteiger partial charge in [0.1, 0.15) is 5.56 Å². The monoisotopic (exact) mass is 1080 g/mol. The number of hydrogen-bond donors (Lipinski definition) is 0. The molecule has 0 fully saturated rings. The van der Waals surface area contributed by atoms with Gasteiger partial charge in [0.05, 0.1) is 138 Å². The maximum absolute atomic E-state index is 17.2. The first-order chi connectivity index (χ1) is 40.8. The van der Waals surface area contributed by atoms with Crippen molar-refractivity contribution in [3.63, 3.8) is 0 Å². The molecule has 12 rings (SSSR count). The van der Waals surface area contributed by atoms with Gasteiger partial charge in [0.25, 0.3) is 0 Å². The number of fused-ring (bicyclic) bond motifs is 6. The van der Waals surface area contributed by atoms with E-state index in [4.69, 9.17) is 0 Å². The molecule has 11 nitrogen and oxygen atoms in total. The minimum Gasteiger partial charge on any atom is -0.309 e. The fraction of sp³-hybridized carbons (Fsp3) is 0.0143. The van der Waals surface area contributed by atoms with Crippen LogP contribution in [-0.4, -0.2) is 9.13 Å². The second-order valence-electron chi connectivity index (χ2n) is 19.6. The predicted molar refractivity (Wildman–Crippen MR) is 310 cm³/mol. The van der Waals surface area contributed by atoms with E-state index in [9.17, 15) is 47.4 Å². The number of aromatic nitrogens is 2. The van der Waals surface area contributed by atoms with E-state index in [0.29, 0.717) is 99.2 Å². The Morgan fingerprint density at radius 2 is 0.571 bits per heavy atom. The largest absolute Gasteiger partial charge is 0.420 e. The standard InChI is InChI=1S/C70H30F3N11/c71-70(72,73)69-67(83-63-16-8-46(55-12-4-41(32-75)21-51(55)36-79)25-59(63)60-26-47(9-17-64(60)83)56-13-5-42(33-76)22-52(56)37-80)29-50(45-3-1-2-40(20-45)31-74)30-68(69)84-65-18-10-48(57-14-6-43(34-77)23-53(57)38-81)27-61(65)62-28-49(11-19-66(62)84)58-15-7-44(35-78)24-54(58)39-82/h1-30H. The van der Waals surface area contributed by atoms with Gasteiger partial charge in [0.15, 0.2) is 0 Å². The van der Waals surface area contributed by atoms with Crippen molar-refractivity contribution in [2.24, 2.45) is 0 Å².